The highest BCUT2D eigenvalue weighted by Gasteiger charge is 2.35. The van der Waals surface area contributed by atoms with E-state index < -0.39 is 12.0 Å². The summed E-state index contributed by atoms with van der Waals surface area (Å²) < 4.78 is 20.0. The van der Waals surface area contributed by atoms with Crippen LogP contribution in [0.2, 0.25) is 0 Å². The van der Waals surface area contributed by atoms with Crippen LogP contribution in [0, 0.1) is 6.92 Å². The average Bonchev–Trinajstić information content (AvgIpc) is 3.60. The number of esters is 1. The zero-order valence-electron chi connectivity index (χ0n) is 23.7. The Bertz CT molecular complexity index is 2040. The fourth-order valence-electron chi connectivity index (χ4n) is 5.07. The molecule has 1 aliphatic rings. The number of benzene rings is 3. The predicted octanol–water partition coefficient (Wildman–Crippen LogP) is 6.28. The molecule has 216 valence electrons. The first-order chi connectivity index (χ1) is 20.9. The molecule has 0 N–H and O–H groups in total. The van der Waals surface area contributed by atoms with Crippen molar-refractivity contribution in [2.45, 2.75) is 19.9 Å². The first kappa shape index (κ1) is 28.6. The van der Waals surface area contributed by atoms with Gasteiger partial charge in [0, 0.05) is 21.7 Å². The van der Waals surface area contributed by atoms with Crippen molar-refractivity contribution in [3.05, 3.63) is 137 Å². The third-order valence-electron chi connectivity index (χ3n) is 7.10. The molecule has 0 unspecified atom stereocenters. The number of nitrogens with zero attached hydrogens (tertiary/aromatic N) is 2. The molecule has 0 fully saturated rings. The fourth-order valence-corrected chi connectivity index (χ4v) is 6.74. The molecule has 5 aromatic rings. The molecule has 6 rings (SSSR count). The Hall–Kier alpha value is -4.47. The third kappa shape index (κ3) is 5.53. The second-order valence-corrected chi connectivity index (χ2v) is 11.8. The molecular weight excluding hydrogens is 628 g/mol. The number of ether oxygens (including phenoxy) is 2. The minimum atomic E-state index is -0.769. The number of hydrogen-bond acceptors (Lipinski definition) is 7. The first-order valence-corrected chi connectivity index (χ1v) is 15.3. The van der Waals surface area contributed by atoms with Crippen LogP contribution in [0.4, 0.5) is 0 Å². The normalized spacial score (nSPS) is 14.8. The van der Waals surface area contributed by atoms with Crippen molar-refractivity contribution in [2.24, 2.45) is 4.99 Å². The highest BCUT2D eigenvalue weighted by molar-refractivity contribution is 9.10. The predicted molar refractivity (Wildman–Crippen MR) is 171 cm³/mol. The monoisotopic (exact) mass is 654 g/mol. The summed E-state index contributed by atoms with van der Waals surface area (Å²) in [5.41, 5.74) is 4.00. The van der Waals surface area contributed by atoms with Gasteiger partial charge in [0.05, 0.1) is 35.6 Å². The van der Waals surface area contributed by atoms with E-state index in [1.807, 2.05) is 91.9 Å². The smallest absolute Gasteiger partial charge is 0.338 e. The summed E-state index contributed by atoms with van der Waals surface area (Å²) in [4.78, 5) is 33.0. The largest absolute Gasteiger partial charge is 0.497 e. The van der Waals surface area contributed by atoms with E-state index in [0.29, 0.717) is 37.9 Å². The van der Waals surface area contributed by atoms with E-state index in [1.54, 1.807) is 24.7 Å². The Kier molecular flexibility index (Phi) is 8.01. The van der Waals surface area contributed by atoms with Crippen LogP contribution in [0.25, 0.3) is 23.1 Å². The lowest BCUT2D eigenvalue weighted by Gasteiger charge is -2.26. The Balaban J connectivity index is 1.55. The molecule has 0 amide bonds. The van der Waals surface area contributed by atoms with Crippen molar-refractivity contribution >= 4 is 45.0 Å². The number of aromatic nitrogens is 1. The van der Waals surface area contributed by atoms with Gasteiger partial charge in [0.25, 0.3) is 5.56 Å². The highest BCUT2D eigenvalue weighted by atomic mass is 79.9. The molecule has 1 atom stereocenters. The van der Waals surface area contributed by atoms with Crippen molar-refractivity contribution in [3.8, 4) is 17.1 Å². The Morgan fingerprint density at radius 3 is 2.53 bits per heavy atom. The van der Waals surface area contributed by atoms with E-state index in [4.69, 9.17) is 18.9 Å². The zero-order valence-corrected chi connectivity index (χ0v) is 26.1. The summed E-state index contributed by atoms with van der Waals surface area (Å²) in [6, 6.07) is 25.8. The van der Waals surface area contributed by atoms with E-state index in [2.05, 4.69) is 15.9 Å². The second-order valence-electron chi connectivity index (χ2n) is 9.89. The van der Waals surface area contributed by atoms with Crippen molar-refractivity contribution in [1.82, 2.24) is 4.57 Å². The third-order valence-corrected chi connectivity index (χ3v) is 8.73. The molecule has 0 saturated heterocycles. The van der Waals surface area contributed by atoms with Gasteiger partial charge in [0.1, 0.15) is 17.3 Å². The summed E-state index contributed by atoms with van der Waals surface area (Å²) >= 11 is 4.86. The van der Waals surface area contributed by atoms with E-state index in [-0.39, 0.29) is 12.2 Å². The standard InChI is InChI=1S/C34H27BrN2O5S/c1-4-41-33(39)29-30(21-8-6-5-7-9-21)36-34-37(31(29)22-11-13-23(40-3)14-12-22)32(38)28(43-34)19-24-15-17-27(42-24)25-16-10-20(2)18-26(25)35/h5-19,31H,4H2,1-3H3/b28-19-/t31-/m1/s1. The Morgan fingerprint density at radius 1 is 1.07 bits per heavy atom. The summed E-state index contributed by atoms with van der Waals surface area (Å²) in [5, 5.41) is 0. The summed E-state index contributed by atoms with van der Waals surface area (Å²) in [5.74, 6) is 1.34. The molecule has 2 aromatic heterocycles. The second kappa shape index (κ2) is 12.0. The van der Waals surface area contributed by atoms with Crippen molar-refractivity contribution in [1.29, 1.82) is 0 Å². The summed E-state index contributed by atoms with van der Waals surface area (Å²) in [6.07, 6.45) is 1.72. The minimum absolute atomic E-state index is 0.183. The molecule has 1 aliphatic heterocycles. The first-order valence-electron chi connectivity index (χ1n) is 13.7. The van der Waals surface area contributed by atoms with Gasteiger partial charge in [-0.15, -0.1) is 0 Å². The summed E-state index contributed by atoms with van der Waals surface area (Å²) in [6.45, 7) is 3.96. The van der Waals surface area contributed by atoms with Gasteiger partial charge in [-0.2, -0.15) is 0 Å². The molecule has 43 heavy (non-hydrogen) atoms. The van der Waals surface area contributed by atoms with Crippen LogP contribution >= 0.6 is 27.3 Å². The Morgan fingerprint density at radius 2 is 1.84 bits per heavy atom. The van der Waals surface area contributed by atoms with Crippen LogP contribution < -0.4 is 19.6 Å². The number of thiazole rings is 1. The van der Waals surface area contributed by atoms with Gasteiger partial charge in [-0.05, 0) is 61.4 Å². The van der Waals surface area contributed by atoms with Gasteiger partial charge in [-0.1, -0.05) is 75.8 Å². The lowest BCUT2D eigenvalue weighted by atomic mass is 9.93. The summed E-state index contributed by atoms with van der Waals surface area (Å²) in [7, 11) is 1.59. The zero-order chi connectivity index (χ0) is 30.1. The van der Waals surface area contributed by atoms with Crippen molar-refractivity contribution in [2.75, 3.05) is 13.7 Å². The number of carbonyl (C=O) groups excluding carboxylic acids is 1. The van der Waals surface area contributed by atoms with Crippen LogP contribution in [0.5, 0.6) is 5.75 Å². The number of carbonyl (C=O) groups is 1. The number of furan rings is 1. The maximum Gasteiger partial charge on any atom is 0.338 e. The fraction of sp³-hybridized carbons (Fsp3) is 0.147. The molecule has 0 radical (unpaired) electrons. The molecule has 9 heteroatoms. The number of methoxy groups -OCH3 is 1. The molecule has 0 bridgehead atoms. The van der Waals surface area contributed by atoms with Gasteiger partial charge < -0.3 is 13.9 Å². The molecule has 7 nitrogen and oxygen atoms in total. The van der Waals surface area contributed by atoms with Gasteiger partial charge >= 0.3 is 5.97 Å². The van der Waals surface area contributed by atoms with E-state index in [1.165, 1.54) is 11.3 Å². The lowest BCUT2D eigenvalue weighted by Crippen LogP contribution is -2.40. The molecule has 0 saturated carbocycles. The van der Waals surface area contributed by atoms with Crippen LogP contribution in [0.1, 0.15) is 35.4 Å². The topological polar surface area (TPSA) is 83.0 Å². The average molecular weight is 656 g/mol. The van der Waals surface area contributed by atoms with E-state index in [9.17, 15) is 9.59 Å². The Labute approximate surface area is 260 Å². The molecule has 3 aromatic carbocycles. The van der Waals surface area contributed by atoms with Crippen LogP contribution in [-0.4, -0.2) is 24.3 Å². The molecule has 0 aliphatic carbocycles. The van der Waals surface area contributed by atoms with Gasteiger partial charge in [0.15, 0.2) is 4.80 Å². The lowest BCUT2D eigenvalue weighted by molar-refractivity contribution is -0.138. The minimum Gasteiger partial charge on any atom is -0.497 e. The van der Waals surface area contributed by atoms with Crippen LogP contribution in [0.3, 0.4) is 0 Å². The van der Waals surface area contributed by atoms with Gasteiger partial charge in [0.2, 0.25) is 0 Å². The maximum atomic E-state index is 14.1. The van der Waals surface area contributed by atoms with Gasteiger partial charge in [-0.3, -0.25) is 9.36 Å². The van der Waals surface area contributed by atoms with E-state index >= 15 is 0 Å². The number of aryl methyl sites for hydroxylation is 1. The SMILES string of the molecule is CCOC(=O)C1=C(c2ccccc2)N=c2s/c(=C\c3ccc(-c4ccc(C)cc4Br)o3)c(=O)n2[C@@H]1c1ccc(OC)cc1. The number of fused-ring (bicyclic) bond motifs is 1. The van der Waals surface area contributed by atoms with Crippen LogP contribution in [-0.2, 0) is 9.53 Å². The highest BCUT2D eigenvalue weighted by Crippen LogP contribution is 2.36. The maximum absolute atomic E-state index is 14.1. The molecule has 3 heterocycles. The number of halogens is 1. The van der Waals surface area contributed by atoms with Crippen LogP contribution in [0.15, 0.2) is 109 Å². The van der Waals surface area contributed by atoms with Crippen molar-refractivity contribution < 1.29 is 18.7 Å². The molecule has 0 spiro atoms. The molecular formula is C34H27BrN2O5S. The number of hydrogen-bond donors (Lipinski definition) is 0. The quantitative estimate of drug-likeness (QED) is 0.193. The number of rotatable bonds is 7. The van der Waals surface area contributed by atoms with E-state index in [0.717, 1.165) is 26.7 Å². The van der Waals surface area contributed by atoms with Gasteiger partial charge in [-0.25, -0.2) is 9.79 Å². The van der Waals surface area contributed by atoms with Crippen molar-refractivity contribution in [3.63, 3.8) is 0 Å².